The van der Waals surface area contributed by atoms with E-state index < -0.39 is 36.9 Å². The Balaban J connectivity index is 1.71. The number of carboxylic acid groups (broad SMARTS) is 2. The number of hydrogen-bond acceptors (Lipinski definition) is 9. The van der Waals surface area contributed by atoms with Crippen LogP contribution in [0.2, 0.25) is 0 Å². The first-order valence-electron chi connectivity index (χ1n) is 10.9. The van der Waals surface area contributed by atoms with Gasteiger partial charge in [-0.15, -0.1) is 0 Å². The summed E-state index contributed by atoms with van der Waals surface area (Å²) in [6, 6.07) is 6.25. The monoisotopic (exact) mass is 515 g/mol. The Kier molecular flexibility index (Phi) is 8.56. The van der Waals surface area contributed by atoms with E-state index in [9.17, 15) is 19.2 Å². The van der Waals surface area contributed by atoms with Crippen molar-refractivity contribution in [1.82, 2.24) is 5.32 Å². The van der Waals surface area contributed by atoms with Gasteiger partial charge in [0.25, 0.3) is 5.91 Å². The van der Waals surface area contributed by atoms with Crippen LogP contribution < -0.4 is 29.0 Å². The molecule has 1 aliphatic heterocycles. The largest absolute Gasteiger partial charge is 0.496 e. The lowest BCUT2D eigenvalue weighted by Gasteiger charge is -2.14. The average molecular weight is 515 g/mol. The van der Waals surface area contributed by atoms with E-state index >= 15 is 0 Å². The first kappa shape index (κ1) is 26.9. The summed E-state index contributed by atoms with van der Waals surface area (Å²) in [6.07, 6.45) is 0.810. The van der Waals surface area contributed by atoms with Crippen LogP contribution in [-0.2, 0) is 14.4 Å². The van der Waals surface area contributed by atoms with Gasteiger partial charge in [-0.3, -0.25) is 14.4 Å². The van der Waals surface area contributed by atoms with Gasteiger partial charge in [0.05, 0.1) is 26.9 Å². The molecule has 2 aromatic rings. The average Bonchev–Trinajstić information content (AvgIpc) is 3.18. The highest BCUT2D eigenvalue weighted by Gasteiger charge is 2.29. The molecule has 3 N–H and O–H groups in total. The molecule has 0 saturated heterocycles. The van der Waals surface area contributed by atoms with Crippen molar-refractivity contribution >= 4 is 29.7 Å². The van der Waals surface area contributed by atoms with Gasteiger partial charge in [0, 0.05) is 24.1 Å². The predicted octanol–water partition coefficient (Wildman–Crippen LogP) is 2.14. The Bertz CT molecular complexity index is 1250. The molecule has 0 aliphatic carbocycles. The summed E-state index contributed by atoms with van der Waals surface area (Å²) < 4.78 is 27.1. The molecule has 12 heteroatoms. The molecule has 0 aromatic heterocycles. The van der Waals surface area contributed by atoms with E-state index in [2.05, 4.69) is 5.32 Å². The summed E-state index contributed by atoms with van der Waals surface area (Å²) in [6.45, 7) is -0.533. The van der Waals surface area contributed by atoms with Crippen LogP contribution in [-0.4, -0.2) is 67.8 Å². The Labute approximate surface area is 211 Å². The number of Topliss-reactive ketones (excluding diaryl/α,β-unsaturated/α-hetero) is 1. The van der Waals surface area contributed by atoms with E-state index in [1.807, 2.05) is 0 Å². The number of benzene rings is 2. The van der Waals surface area contributed by atoms with Crippen molar-refractivity contribution in [3.63, 3.8) is 0 Å². The van der Waals surface area contributed by atoms with E-state index in [-0.39, 0.29) is 35.0 Å². The second kappa shape index (κ2) is 11.8. The molecular formula is C25H25NO11. The van der Waals surface area contributed by atoms with Gasteiger partial charge in [0.1, 0.15) is 23.3 Å². The number of carbonyl (C=O) groups excluding carboxylic acids is 2. The number of allylic oxidation sites excluding steroid dienone is 1. The molecule has 0 spiro atoms. The molecule has 2 aromatic carbocycles. The van der Waals surface area contributed by atoms with Crippen LogP contribution in [0.4, 0.5) is 0 Å². The topological polar surface area (TPSA) is 167 Å². The molecule has 3 rings (SSSR count). The third-order valence-corrected chi connectivity index (χ3v) is 5.31. The highest BCUT2D eigenvalue weighted by atomic mass is 16.5. The van der Waals surface area contributed by atoms with Gasteiger partial charge in [-0.25, -0.2) is 4.79 Å². The Hall–Kier alpha value is -4.74. The fraction of sp³-hybridized carbons (Fsp3) is 0.280. The maximum atomic E-state index is 12.9. The molecule has 12 nitrogen and oxygen atoms in total. The van der Waals surface area contributed by atoms with Crippen molar-refractivity contribution < 1.29 is 53.1 Å². The molecule has 1 amide bonds. The molecule has 1 aliphatic rings. The molecule has 196 valence electrons. The fourth-order valence-electron chi connectivity index (χ4n) is 3.47. The second-order valence-corrected chi connectivity index (χ2v) is 7.73. The Morgan fingerprint density at radius 2 is 1.68 bits per heavy atom. The van der Waals surface area contributed by atoms with Crippen molar-refractivity contribution in [2.24, 2.45) is 0 Å². The number of ketones is 1. The van der Waals surface area contributed by atoms with Gasteiger partial charge >= 0.3 is 11.9 Å². The molecule has 0 unspecified atom stereocenters. The van der Waals surface area contributed by atoms with E-state index in [1.165, 1.54) is 45.6 Å². The third kappa shape index (κ3) is 6.48. The number of methoxy groups -OCH3 is 3. The van der Waals surface area contributed by atoms with E-state index in [4.69, 9.17) is 33.9 Å². The van der Waals surface area contributed by atoms with Crippen LogP contribution in [0, 0.1) is 0 Å². The number of carbonyl (C=O) groups is 4. The minimum Gasteiger partial charge on any atom is -0.496 e. The third-order valence-electron chi connectivity index (χ3n) is 5.31. The lowest BCUT2D eigenvalue weighted by Crippen LogP contribution is -2.43. The van der Waals surface area contributed by atoms with Crippen LogP contribution >= 0.6 is 0 Å². The number of aliphatic carboxylic acids is 2. The van der Waals surface area contributed by atoms with E-state index in [1.54, 1.807) is 12.1 Å². The van der Waals surface area contributed by atoms with Crippen LogP contribution in [0.25, 0.3) is 6.08 Å². The molecule has 37 heavy (non-hydrogen) atoms. The highest BCUT2D eigenvalue weighted by Crippen LogP contribution is 2.39. The maximum absolute atomic E-state index is 12.9. The van der Waals surface area contributed by atoms with Crippen LogP contribution in [0.3, 0.4) is 0 Å². The highest BCUT2D eigenvalue weighted by molar-refractivity contribution is 6.14. The van der Waals surface area contributed by atoms with Crippen molar-refractivity contribution in [3.8, 4) is 28.7 Å². The van der Waals surface area contributed by atoms with Crippen LogP contribution in [0.15, 0.2) is 36.1 Å². The number of rotatable bonds is 12. The SMILES string of the molecule is COc1cc(OC)c(OC)cc1/C=C1\Oc2cc(OCC(=O)N[C@@H](CCC(=O)O)C(=O)O)ccc2C1=O. The zero-order chi connectivity index (χ0) is 27.1. The van der Waals surface area contributed by atoms with Gasteiger partial charge in [-0.05, 0) is 30.7 Å². The zero-order valence-electron chi connectivity index (χ0n) is 20.2. The normalized spacial score (nSPS) is 13.8. The van der Waals surface area contributed by atoms with Gasteiger partial charge in [-0.2, -0.15) is 0 Å². The number of carboxylic acids is 2. The number of fused-ring (bicyclic) bond motifs is 1. The lowest BCUT2D eigenvalue weighted by atomic mass is 10.1. The molecule has 0 radical (unpaired) electrons. The second-order valence-electron chi connectivity index (χ2n) is 7.73. The van der Waals surface area contributed by atoms with E-state index in [0.717, 1.165) is 0 Å². The van der Waals surface area contributed by atoms with Crippen molar-refractivity contribution in [1.29, 1.82) is 0 Å². The molecular weight excluding hydrogens is 490 g/mol. The maximum Gasteiger partial charge on any atom is 0.326 e. The molecule has 1 heterocycles. The van der Waals surface area contributed by atoms with Crippen LogP contribution in [0.5, 0.6) is 28.7 Å². The van der Waals surface area contributed by atoms with Gasteiger partial charge in [0.2, 0.25) is 5.78 Å². The van der Waals surface area contributed by atoms with Crippen molar-refractivity contribution in [2.75, 3.05) is 27.9 Å². The Morgan fingerprint density at radius 3 is 2.30 bits per heavy atom. The van der Waals surface area contributed by atoms with Crippen LogP contribution in [0.1, 0.15) is 28.8 Å². The Morgan fingerprint density at radius 1 is 1.00 bits per heavy atom. The zero-order valence-corrected chi connectivity index (χ0v) is 20.2. The smallest absolute Gasteiger partial charge is 0.326 e. The summed E-state index contributed by atoms with van der Waals surface area (Å²) in [4.78, 5) is 46.9. The number of ether oxygens (including phenoxy) is 5. The number of hydrogen-bond donors (Lipinski definition) is 3. The quantitative estimate of drug-likeness (QED) is 0.354. The first-order chi connectivity index (χ1) is 17.7. The molecule has 0 fully saturated rings. The first-order valence-corrected chi connectivity index (χ1v) is 10.9. The number of amides is 1. The molecule has 0 saturated carbocycles. The number of nitrogens with one attached hydrogen (secondary N) is 1. The minimum absolute atomic E-state index is 0.0261. The summed E-state index contributed by atoms with van der Waals surface area (Å²) in [5.41, 5.74) is 0.794. The van der Waals surface area contributed by atoms with Crippen molar-refractivity contribution in [3.05, 3.63) is 47.2 Å². The lowest BCUT2D eigenvalue weighted by molar-refractivity contribution is -0.143. The molecule has 1 atom stereocenters. The minimum atomic E-state index is -1.37. The van der Waals surface area contributed by atoms with Gasteiger partial charge < -0.3 is 39.2 Å². The summed E-state index contributed by atoms with van der Waals surface area (Å²) in [5.74, 6) is -1.93. The van der Waals surface area contributed by atoms with Crippen molar-refractivity contribution in [2.45, 2.75) is 18.9 Å². The fourth-order valence-corrected chi connectivity index (χ4v) is 3.47. The van der Waals surface area contributed by atoms with Gasteiger partial charge in [0.15, 0.2) is 23.9 Å². The van der Waals surface area contributed by atoms with Gasteiger partial charge in [-0.1, -0.05) is 0 Å². The molecule has 0 bridgehead atoms. The standard InChI is InChI=1S/C25H25NO11/c1-33-17-11-20(35-3)19(34-2)8-13(17)9-21-24(30)15-5-4-14(10-18(15)37-21)36-12-22(27)26-16(25(31)32)6-7-23(28)29/h4-5,8-11,16H,6-7,12H2,1-3H3,(H,26,27)(H,28,29)(H,31,32)/b21-9-/t16-/m0/s1. The predicted molar refractivity (Wildman–Crippen MR) is 127 cm³/mol. The van der Waals surface area contributed by atoms with E-state index in [0.29, 0.717) is 22.8 Å². The summed E-state index contributed by atoms with van der Waals surface area (Å²) >= 11 is 0. The summed E-state index contributed by atoms with van der Waals surface area (Å²) in [5, 5.41) is 20.1. The summed E-state index contributed by atoms with van der Waals surface area (Å²) in [7, 11) is 4.44.